The van der Waals surface area contributed by atoms with Crippen LogP contribution >= 0.6 is 27.5 Å². The molecule has 2 rings (SSSR count). The zero-order valence-corrected chi connectivity index (χ0v) is 13.5. The zero-order chi connectivity index (χ0) is 14.0. The standard InChI is InChI=1S/C12H16BrClN2O2S/c13-10-1-2-11(14)12(7-10)19(17,18)16-5-3-9(8-15)4-6-16/h1-2,7,9H,3-6,8,15H2. The molecule has 1 aliphatic rings. The van der Waals surface area contributed by atoms with E-state index in [0.29, 0.717) is 30.0 Å². The lowest BCUT2D eigenvalue weighted by Crippen LogP contribution is -2.40. The molecule has 0 bridgehead atoms. The Labute approximate surface area is 127 Å². The van der Waals surface area contributed by atoms with E-state index in [4.69, 9.17) is 17.3 Å². The van der Waals surface area contributed by atoms with Crippen LogP contribution in [0.1, 0.15) is 12.8 Å². The highest BCUT2D eigenvalue weighted by atomic mass is 79.9. The van der Waals surface area contributed by atoms with Crippen molar-refractivity contribution in [2.45, 2.75) is 17.7 Å². The fourth-order valence-corrected chi connectivity index (χ4v) is 4.68. The Kier molecular flexibility index (Phi) is 4.89. The molecule has 1 aromatic rings. The Morgan fingerprint density at radius 1 is 1.37 bits per heavy atom. The van der Waals surface area contributed by atoms with Crippen molar-refractivity contribution in [2.24, 2.45) is 11.7 Å². The molecule has 1 saturated heterocycles. The number of benzene rings is 1. The molecule has 1 aliphatic heterocycles. The topological polar surface area (TPSA) is 63.4 Å². The van der Waals surface area contributed by atoms with Gasteiger partial charge in [-0.15, -0.1) is 0 Å². The first-order valence-electron chi connectivity index (χ1n) is 6.10. The van der Waals surface area contributed by atoms with Crippen molar-refractivity contribution in [3.63, 3.8) is 0 Å². The Balaban J connectivity index is 2.26. The van der Waals surface area contributed by atoms with E-state index in [0.717, 1.165) is 12.8 Å². The normalized spacial score (nSPS) is 18.7. The lowest BCUT2D eigenvalue weighted by Gasteiger charge is -2.30. The van der Waals surface area contributed by atoms with Crippen LogP contribution in [0.5, 0.6) is 0 Å². The summed E-state index contributed by atoms with van der Waals surface area (Å²) in [6.07, 6.45) is 1.61. The zero-order valence-electron chi connectivity index (χ0n) is 10.4. The van der Waals surface area contributed by atoms with Crippen LogP contribution in [0.4, 0.5) is 0 Å². The largest absolute Gasteiger partial charge is 0.330 e. The van der Waals surface area contributed by atoms with Gasteiger partial charge in [0, 0.05) is 17.6 Å². The van der Waals surface area contributed by atoms with Crippen molar-refractivity contribution < 1.29 is 8.42 Å². The number of sulfonamides is 1. The second-order valence-electron chi connectivity index (χ2n) is 4.66. The highest BCUT2D eigenvalue weighted by Crippen LogP contribution is 2.30. The second kappa shape index (κ2) is 6.10. The smallest absolute Gasteiger partial charge is 0.244 e. The van der Waals surface area contributed by atoms with Gasteiger partial charge < -0.3 is 5.73 Å². The van der Waals surface area contributed by atoms with Gasteiger partial charge in [-0.25, -0.2) is 8.42 Å². The maximum absolute atomic E-state index is 12.5. The number of hydrogen-bond donors (Lipinski definition) is 1. The summed E-state index contributed by atoms with van der Waals surface area (Å²) in [7, 11) is -3.52. The van der Waals surface area contributed by atoms with Gasteiger partial charge >= 0.3 is 0 Å². The fourth-order valence-electron chi connectivity index (χ4n) is 2.20. The minimum Gasteiger partial charge on any atom is -0.330 e. The van der Waals surface area contributed by atoms with Crippen LogP contribution in [0.3, 0.4) is 0 Å². The number of piperidine rings is 1. The van der Waals surface area contributed by atoms with Gasteiger partial charge in [0.15, 0.2) is 0 Å². The van der Waals surface area contributed by atoms with E-state index in [9.17, 15) is 8.42 Å². The Morgan fingerprint density at radius 2 is 2.00 bits per heavy atom. The first-order chi connectivity index (χ1) is 8.95. The van der Waals surface area contributed by atoms with Crippen molar-refractivity contribution in [3.05, 3.63) is 27.7 Å². The molecule has 0 aliphatic carbocycles. The molecular formula is C12H16BrClN2O2S. The first-order valence-corrected chi connectivity index (χ1v) is 8.71. The highest BCUT2D eigenvalue weighted by Gasteiger charge is 2.30. The van der Waals surface area contributed by atoms with Crippen LogP contribution < -0.4 is 5.73 Å². The molecule has 0 spiro atoms. The molecule has 0 atom stereocenters. The van der Waals surface area contributed by atoms with Crippen molar-refractivity contribution in [3.8, 4) is 0 Å². The number of hydrogen-bond acceptors (Lipinski definition) is 3. The molecule has 0 aromatic heterocycles. The summed E-state index contributed by atoms with van der Waals surface area (Å²) in [5, 5.41) is 0.254. The van der Waals surface area contributed by atoms with E-state index >= 15 is 0 Å². The fraction of sp³-hybridized carbons (Fsp3) is 0.500. The molecule has 0 unspecified atom stereocenters. The van der Waals surface area contributed by atoms with Gasteiger partial charge in [0.25, 0.3) is 0 Å². The summed E-state index contributed by atoms with van der Waals surface area (Å²) in [5.41, 5.74) is 5.62. The van der Waals surface area contributed by atoms with Crippen molar-refractivity contribution in [1.29, 1.82) is 0 Å². The molecule has 2 N–H and O–H groups in total. The lowest BCUT2D eigenvalue weighted by atomic mass is 9.99. The minimum absolute atomic E-state index is 0.162. The summed E-state index contributed by atoms with van der Waals surface area (Å²) in [5.74, 6) is 0.421. The van der Waals surface area contributed by atoms with Crippen molar-refractivity contribution in [1.82, 2.24) is 4.31 Å². The minimum atomic E-state index is -3.52. The quantitative estimate of drug-likeness (QED) is 0.892. The van der Waals surface area contributed by atoms with E-state index < -0.39 is 10.0 Å². The number of nitrogens with two attached hydrogens (primary N) is 1. The van der Waals surface area contributed by atoms with E-state index in [1.54, 1.807) is 18.2 Å². The average molecular weight is 368 g/mol. The molecule has 7 heteroatoms. The summed E-state index contributed by atoms with van der Waals surface area (Å²) in [4.78, 5) is 0.162. The van der Waals surface area contributed by atoms with Gasteiger partial charge in [0.05, 0.1) is 5.02 Å². The van der Waals surface area contributed by atoms with Gasteiger partial charge in [-0.05, 0) is 43.5 Å². The van der Waals surface area contributed by atoms with Crippen LogP contribution in [-0.4, -0.2) is 32.4 Å². The lowest BCUT2D eigenvalue weighted by molar-refractivity contribution is 0.278. The van der Waals surface area contributed by atoms with Gasteiger partial charge in [0.2, 0.25) is 10.0 Å². The summed E-state index contributed by atoms with van der Waals surface area (Å²) < 4.78 is 27.3. The van der Waals surface area contributed by atoms with Crippen LogP contribution in [0, 0.1) is 5.92 Å². The third-order valence-electron chi connectivity index (χ3n) is 3.42. The predicted molar refractivity (Wildman–Crippen MR) is 79.7 cm³/mol. The van der Waals surface area contributed by atoms with Gasteiger partial charge in [0.1, 0.15) is 4.90 Å². The first kappa shape index (κ1) is 15.3. The maximum Gasteiger partial charge on any atom is 0.244 e. The number of nitrogens with zero attached hydrogens (tertiary/aromatic N) is 1. The molecule has 106 valence electrons. The second-order valence-corrected chi connectivity index (χ2v) is 7.89. The van der Waals surface area contributed by atoms with Gasteiger partial charge in [-0.3, -0.25) is 0 Å². The van der Waals surface area contributed by atoms with Crippen molar-refractivity contribution >= 4 is 37.6 Å². The Morgan fingerprint density at radius 3 is 2.58 bits per heavy atom. The third kappa shape index (κ3) is 3.31. The number of rotatable bonds is 3. The van der Waals surface area contributed by atoms with Gasteiger partial charge in [-0.1, -0.05) is 27.5 Å². The third-order valence-corrected chi connectivity index (χ3v) is 6.29. The molecule has 0 amide bonds. The molecule has 1 heterocycles. The van der Waals surface area contributed by atoms with E-state index in [-0.39, 0.29) is 9.92 Å². The van der Waals surface area contributed by atoms with E-state index in [2.05, 4.69) is 15.9 Å². The molecule has 1 fully saturated rings. The molecule has 1 aromatic carbocycles. The van der Waals surface area contributed by atoms with Crippen LogP contribution in [0.15, 0.2) is 27.6 Å². The van der Waals surface area contributed by atoms with E-state index in [1.807, 2.05) is 0 Å². The van der Waals surface area contributed by atoms with E-state index in [1.165, 1.54) is 4.31 Å². The van der Waals surface area contributed by atoms with Crippen molar-refractivity contribution in [2.75, 3.05) is 19.6 Å². The monoisotopic (exact) mass is 366 g/mol. The Hall–Kier alpha value is -0.140. The molecule has 0 radical (unpaired) electrons. The SMILES string of the molecule is NCC1CCN(S(=O)(=O)c2cc(Br)ccc2Cl)CC1. The van der Waals surface area contributed by atoms with Gasteiger partial charge in [-0.2, -0.15) is 4.31 Å². The number of halogens is 2. The summed E-state index contributed by atoms with van der Waals surface area (Å²) >= 11 is 9.28. The van der Waals surface area contributed by atoms with Crippen LogP contribution in [0.25, 0.3) is 0 Å². The summed E-state index contributed by atoms with van der Waals surface area (Å²) in [6, 6.07) is 4.86. The average Bonchev–Trinajstić information content (AvgIpc) is 2.41. The molecule has 0 saturated carbocycles. The molecular weight excluding hydrogens is 352 g/mol. The summed E-state index contributed by atoms with van der Waals surface area (Å²) in [6.45, 7) is 1.63. The maximum atomic E-state index is 12.5. The highest BCUT2D eigenvalue weighted by molar-refractivity contribution is 9.10. The molecule has 19 heavy (non-hydrogen) atoms. The van der Waals surface area contributed by atoms with Crippen LogP contribution in [-0.2, 0) is 10.0 Å². The molecule has 4 nitrogen and oxygen atoms in total. The van der Waals surface area contributed by atoms with Crippen LogP contribution in [0.2, 0.25) is 5.02 Å². The Bertz CT molecular complexity index is 557. The predicted octanol–water partition coefficient (Wildman–Crippen LogP) is 2.46.